The summed E-state index contributed by atoms with van der Waals surface area (Å²) in [5, 5.41) is 1.06. The van der Waals surface area contributed by atoms with Crippen molar-refractivity contribution in [3.8, 4) is 0 Å². The number of rotatable bonds is 9. The molecule has 150 valence electrons. The molecule has 0 aliphatic carbocycles. The lowest BCUT2D eigenvalue weighted by molar-refractivity contribution is -0.143. The molecule has 2 aromatic rings. The molecular formula is C24H31NO2S. The number of thioether (sulfide) groups is 1. The summed E-state index contributed by atoms with van der Waals surface area (Å²) < 4.78 is 5.02. The molecule has 1 aliphatic heterocycles. The van der Waals surface area contributed by atoms with Crippen molar-refractivity contribution in [2.45, 2.75) is 43.1 Å². The van der Waals surface area contributed by atoms with Gasteiger partial charge in [-0.25, -0.2) is 0 Å². The Morgan fingerprint density at radius 2 is 1.61 bits per heavy atom. The van der Waals surface area contributed by atoms with E-state index in [1.165, 1.54) is 24.0 Å². The molecule has 4 heteroatoms. The fourth-order valence-electron chi connectivity index (χ4n) is 3.75. The summed E-state index contributed by atoms with van der Waals surface area (Å²) in [7, 11) is 0. The van der Waals surface area contributed by atoms with Gasteiger partial charge in [0.05, 0.1) is 11.9 Å². The van der Waals surface area contributed by atoms with E-state index in [4.69, 9.17) is 4.74 Å². The lowest BCUT2D eigenvalue weighted by atomic mass is 10.0. The summed E-state index contributed by atoms with van der Waals surface area (Å²) in [5.74, 6) is -0.0681. The highest BCUT2D eigenvalue weighted by atomic mass is 32.2. The smallest absolute Gasteiger partial charge is 0.305 e. The Morgan fingerprint density at radius 3 is 2.14 bits per heavy atom. The summed E-state index contributed by atoms with van der Waals surface area (Å²) in [6.45, 7) is 5.58. The molecule has 1 saturated heterocycles. The van der Waals surface area contributed by atoms with Gasteiger partial charge < -0.3 is 9.64 Å². The fraction of sp³-hybridized carbons (Fsp3) is 0.458. The SMILES string of the molecule is CCOC(=O)CCCN1CCC(SC(c2ccccc2)c2ccccc2)CC1. The molecule has 0 bridgehead atoms. The van der Waals surface area contributed by atoms with E-state index >= 15 is 0 Å². The highest BCUT2D eigenvalue weighted by molar-refractivity contribution is 8.00. The zero-order valence-electron chi connectivity index (χ0n) is 16.8. The Morgan fingerprint density at radius 1 is 1.04 bits per heavy atom. The van der Waals surface area contributed by atoms with Crippen LogP contribution >= 0.6 is 11.8 Å². The van der Waals surface area contributed by atoms with Gasteiger partial charge in [-0.15, -0.1) is 11.8 Å². The van der Waals surface area contributed by atoms with Gasteiger partial charge in [0, 0.05) is 11.7 Å². The average molecular weight is 398 g/mol. The molecule has 0 atom stereocenters. The first-order valence-corrected chi connectivity index (χ1v) is 11.3. The van der Waals surface area contributed by atoms with Crippen molar-refractivity contribution in [3.63, 3.8) is 0 Å². The van der Waals surface area contributed by atoms with Gasteiger partial charge in [-0.05, 0) is 56.9 Å². The topological polar surface area (TPSA) is 29.5 Å². The number of hydrogen-bond acceptors (Lipinski definition) is 4. The Hall–Kier alpha value is -1.78. The maximum Gasteiger partial charge on any atom is 0.305 e. The molecule has 0 radical (unpaired) electrons. The largest absolute Gasteiger partial charge is 0.466 e. The van der Waals surface area contributed by atoms with Crippen LogP contribution in [0.5, 0.6) is 0 Å². The zero-order chi connectivity index (χ0) is 19.6. The molecule has 0 spiro atoms. The Kier molecular flexibility index (Phi) is 8.43. The molecular weight excluding hydrogens is 366 g/mol. The third-order valence-electron chi connectivity index (χ3n) is 5.23. The van der Waals surface area contributed by atoms with Crippen LogP contribution in [0.15, 0.2) is 60.7 Å². The van der Waals surface area contributed by atoms with Gasteiger partial charge in [0.25, 0.3) is 0 Å². The van der Waals surface area contributed by atoms with Gasteiger partial charge in [0.1, 0.15) is 0 Å². The fourth-order valence-corrected chi connectivity index (χ4v) is 5.24. The average Bonchev–Trinajstić information content (AvgIpc) is 2.74. The van der Waals surface area contributed by atoms with Crippen molar-refractivity contribution in [1.82, 2.24) is 4.90 Å². The van der Waals surface area contributed by atoms with Crippen molar-refractivity contribution in [2.75, 3.05) is 26.2 Å². The Labute approximate surface area is 173 Å². The van der Waals surface area contributed by atoms with Gasteiger partial charge in [0.15, 0.2) is 0 Å². The Bertz CT molecular complexity index is 660. The molecule has 0 N–H and O–H groups in total. The van der Waals surface area contributed by atoms with Crippen LogP contribution in [0.1, 0.15) is 49.0 Å². The number of benzene rings is 2. The van der Waals surface area contributed by atoms with Gasteiger partial charge in [-0.3, -0.25) is 4.79 Å². The number of esters is 1. The monoisotopic (exact) mass is 397 g/mol. The normalized spacial score (nSPS) is 15.6. The number of ether oxygens (including phenoxy) is 1. The molecule has 1 fully saturated rings. The first kappa shape index (κ1) is 20.9. The third-order valence-corrected chi connectivity index (χ3v) is 6.90. The van der Waals surface area contributed by atoms with Crippen molar-refractivity contribution < 1.29 is 9.53 Å². The quantitative estimate of drug-likeness (QED) is 0.536. The molecule has 0 amide bonds. The molecule has 2 aromatic carbocycles. The maximum absolute atomic E-state index is 11.5. The van der Waals surface area contributed by atoms with E-state index in [0.29, 0.717) is 23.5 Å². The van der Waals surface area contributed by atoms with Crippen LogP contribution in [0.3, 0.4) is 0 Å². The summed E-state index contributed by atoms with van der Waals surface area (Å²) >= 11 is 2.11. The highest BCUT2D eigenvalue weighted by Crippen LogP contribution is 2.41. The van der Waals surface area contributed by atoms with Crippen molar-refractivity contribution in [2.24, 2.45) is 0 Å². The van der Waals surface area contributed by atoms with Crippen molar-refractivity contribution >= 4 is 17.7 Å². The first-order valence-electron chi connectivity index (χ1n) is 10.4. The van der Waals surface area contributed by atoms with E-state index in [2.05, 4.69) is 77.3 Å². The van der Waals surface area contributed by atoms with Crippen LogP contribution < -0.4 is 0 Å². The minimum absolute atomic E-state index is 0.0681. The van der Waals surface area contributed by atoms with Crippen LogP contribution in [-0.2, 0) is 9.53 Å². The zero-order valence-corrected chi connectivity index (χ0v) is 17.6. The minimum atomic E-state index is -0.0681. The number of piperidine rings is 1. The second kappa shape index (κ2) is 11.3. The summed E-state index contributed by atoms with van der Waals surface area (Å²) in [5.41, 5.74) is 2.77. The van der Waals surface area contributed by atoms with Gasteiger partial charge in [-0.1, -0.05) is 60.7 Å². The third kappa shape index (κ3) is 6.39. The molecule has 0 unspecified atom stereocenters. The second-order valence-electron chi connectivity index (χ2n) is 7.29. The molecule has 0 aromatic heterocycles. The van der Waals surface area contributed by atoms with Crippen LogP contribution in [0.25, 0.3) is 0 Å². The number of carbonyl (C=O) groups excluding carboxylic acids is 1. The van der Waals surface area contributed by atoms with Gasteiger partial charge in [-0.2, -0.15) is 0 Å². The molecule has 28 heavy (non-hydrogen) atoms. The number of hydrogen-bond donors (Lipinski definition) is 0. The summed E-state index contributed by atoms with van der Waals surface area (Å²) in [6, 6.07) is 21.7. The molecule has 3 rings (SSSR count). The minimum Gasteiger partial charge on any atom is -0.466 e. The number of likely N-dealkylation sites (tertiary alicyclic amines) is 1. The van der Waals surface area contributed by atoms with Crippen LogP contribution in [0.4, 0.5) is 0 Å². The molecule has 1 heterocycles. The predicted octanol–water partition coefficient (Wildman–Crippen LogP) is 5.32. The van der Waals surface area contributed by atoms with Crippen molar-refractivity contribution in [1.29, 1.82) is 0 Å². The van der Waals surface area contributed by atoms with E-state index < -0.39 is 0 Å². The summed E-state index contributed by atoms with van der Waals surface area (Å²) in [6.07, 6.45) is 3.85. The molecule has 0 saturated carbocycles. The second-order valence-corrected chi connectivity index (χ2v) is 8.70. The lowest BCUT2D eigenvalue weighted by Gasteiger charge is -2.33. The van der Waals surface area contributed by atoms with E-state index in [9.17, 15) is 4.79 Å². The highest BCUT2D eigenvalue weighted by Gasteiger charge is 2.24. The van der Waals surface area contributed by atoms with Crippen LogP contribution in [0, 0.1) is 0 Å². The van der Waals surface area contributed by atoms with E-state index in [1.807, 2.05) is 6.92 Å². The Balaban J connectivity index is 1.51. The number of carbonyl (C=O) groups is 1. The maximum atomic E-state index is 11.5. The van der Waals surface area contributed by atoms with Gasteiger partial charge in [0.2, 0.25) is 0 Å². The van der Waals surface area contributed by atoms with E-state index in [1.54, 1.807) is 0 Å². The van der Waals surface area contributed by atoms with E-state index in [-0.39, 0.29) is 5.97 Å². The standard InChI is InChI=1S/C24H31NO2S/c1-2-27-23(26)14-9-17-25-18-15-22(16-19-25)28-24(20-10-5-3-6-11-20)21-12-7-4-8-13-21/h3-8,10-13,22,24H,2,9,14-19H2,1H3. The molecule has 3 nitrogen and oxygen atoms in total. The lowest BCUT2D eigenvalue weighted by Crippen LogP contribution is -2.36. The summed E-state index contributed by atoms with van der Waals surface area (Å²) in [4.78, 5) is 14.0. The van der Waals surface area contributed by atoms with Crippen molar-refractivity contribution in [3.05, 3.63) is 71.8 Å². The van der Waals surface area contributed by atoms with Crippen LogP contribution in [-0.4, -0.2) is 42.4 Å². The van der Waals surface area contributed by atoms with Crippen LogP contribution in [0.2, 0.25) is 0 Å². The predicted molar refractivity (Wildman–Crippen MR) is 118 cm³/mol. The van der Waals surface area contributed by atoms with Gasteiger partial charge >= 0.3 is 5.97 Å². The first-order chi connectivity index (χ1) is 13.8. The van der Waals surface area contributed by atoms with E-state index in [0.717, 1.165) is 26.1 Å². The number of nitrogens with zero attached hydrogens (tertiary/aromatic N) is 1. The molecule has 1 aliphatic rings.